The molecule has 0 heterocycles. The van der Waals surface area contributed by atoms with Crippen molar-refractivity contribution < 1.29 is 14.5 Å². The monoisotopic (exact) mass is 340 g/mol. The van der Waals surface area contributed by atoms with Crippen LogP contribution in [0.15, 0.2) is 59.7 Å². The lowest BCUT2D eigenvalue weighted by Crippen LogP contribution is -2.39. The maximum Gasteiger partial charge on any atom is 0.329 e. The van der Waals surface area contributed by atoms with Crippen LogP contribution in [0.3, 0.4) is 0 Å². The van der Waals surface area contributed by atoms with Crippen LogP contribution in [-0.2, 0) is 9.59 Å². The molecular formula is C17H16N4O4. The molecule has 0 spiro atoms. The van der Waals surface area contributed by atoms with E-state index in [0.29, 0.717) is 5.56 Å². The average Bonchev–Trinajstić information content (AvgIpc) is 2.62. The Balaban J connectivity index is 1.90. The molecular weight excluding hydrogens is 324 g/mol. The first-order valence-corrected chi connectivity index (χ1v) is 7.40. The normalized spacial score (nSPS) is 11.7. The predicted octanol–water partition coefficient (Wildman–Crippen LogP) is 1.92. The number of nitro benzene ring substituents is 1. The van der Waals surface area contributed by atoms with Crippen LogP contribution in [0.1, 0.15) is 24.1 Å². The van der Waals surface area contributed by atoms with Crippen molar-refractivity contribution in [3.8, 4) is 0 Å². The lowest BCUT2D eigenvalue weighted by Gasteiger charge is -2.13. The van der Waals surface area contributed by atoms with E-state index in [1.165, 1.54) is 24.4 Å². The van der Waals surface area contributed by atoms with E-state index in [1.807, 2.05) is 30.3 Å². The van der Waals surface area contributed by atoms with Gasteiger partial charge in [0.2, 0.25) is 0 Å². The molecule has 128 valence electrons. The number of carbonyl (C=O) groups is 2. The van der Waals surface area contributed by atoms with E-state index in [9.17, 15) is 19.7 Å². The van der Waals surface area contributed by atoms with E-state index in [2.05, 4.69) is 15.8 Å². The zero-order chi connectivity index (χ0) is 18.2. The number of nitrogens with one attached hydrogen (secondary N) is 2. The molecule has 2 rings (SSSR count). The topological polar surface area (TPSA) is 114 Å². The molecule has 0 aromatic heterocycles. The highest BCUT2D eigenvalue weighted by atomic mass is 16.6. The first-order chi connectivity index (χ1) is 12.0. The highest BCUT2D eigenvalue weighted by Gasteiger charge is 2.16. The summed E-state index contributed by atoms with van der Waals surface area (Å²) in [6.45, 7) is 1.76. The van der Waals surface area contributed by atoms with E-state index >= 15 is 0 Å². The van der Waals surface area contributed by atoms with Gasteiger partial charge in [-0.25, -0.2) is 5.43 Å². The Bertz CT molecular complexity index is 805. The number of amides is 2. The van der Waals surface area contributed by atoms with Crippen molar-refractivity contribution in [3.63, 3.8) is 0 Å². The number of nitro groups is 1. The van der Waals surface area contributed by atoms with Gasteiger partial charge in [0.25, 0.3) is 5.69 Å². The Kier molecular flexibility index (Phi) is 5.94. The van der Waals surface area contributed by atoms with Crippen molar-refractivity contribution in [2.75, 3.05) is 0 Å². The number of hydrazone groups is 1. The van der Waals surface area contributed by atoms with Gasteiger partial charge in [-0.2, -0.15) is 5.10 Å². The summed E-state index contributed by atoms with van der Waals surface area (Å²) < 4.78 is 0. The molecule has 8 heteroatoms. The fraction of sp³-hybridized carbons (Fsp3) is 0.118. The Morgan fingerprint density at radius 3 is 2.52 bits per heavy atom. The van der Waals surface area contributed by atoms with E-state index < -0.39 is 16.7 Å². The van der Waals surface area contributed by atoms with Crippen LogP contribution in [0.4, 0.5) is 5.69 Å². The zero-order valence-corrected chi connectivity index (χ0v) is 13.4. The Hall–Kier alpha value is -3.55. The number of nitrogens with zero attached hydrogens (tertiary/aromatic N) is 2. The highest BCUT2D eigenvalue weighted by molar-refractivity contribution is 6.35. The molecule has 0 saturated carbocycles. The Morgan fingerprint density at radius 2 is 1.84 bits per heavy atom. The van der Waals surface area contributed by atoms with Crippen LogP contribution >= 0.6 is 0 Å². The third-order valence-corrected chi connectivity index (χ3v) is 3.31. The highest BCUT2D eigenvalue weighted by Crippen LogP contribution is 2.12. The summed E-state index contributed by atoms with van der Waals surface area (Å²) in [5.74, 6) is -1.75. The van der Waals surface area contributed by atoms with Gasteiger partial charge < -0.3 is 5.32 Å². The zero-order valence-electron chi connectivity index (χ0n) is 13.4. The van der Waals surface area contributed by atoms with Gasteiger partial charge in [-0.3, -0.25) is 19.7 Å². The molecule has 2 amide bonds. The fourth-order valence-electron chi connectivity index (χ4n) is 2.02. The van der Waals surface area contributed by atoms with Crippen molar-refractivity contribution in [3.05, 3.63) is 75.8 Å². The fourth-order valence-corrected chi connectivity index (χ4v) is 2.02. The van der Waals surface area contributed by atoms with Crippen LogP contribution in [0.5, 0.6) is 0 Å². The van der Waals surface area contributed by atoms with Gasteiger partial charge in [0.15, 0.2) is 0 Å². The van der Waals surface area contributed by atoms with E-state index in [-0.39, 0.29) is 11.7 Å². The standard InChI is InChI=1S/C17H16N4O4/c1-12(14-7-3-2-4-8-14)19-16(22)17(23)20-18-11-13-6-5-9-15(10-13)21(24)25/h2-12H,1H3,(H,19,22)(H,20,23). The van der Waals surface area contributed by atoms with Gasteiger partial charge >= 0.3 is 11.8 Å². The molecule has 2 N–H and O–H groups in total. The minimum absolute atomic E-state index is 0.0929. The molecule has 0 saturated heterocycles. The van der Waals surface area contributed by atoms with Gasteiger partial charge in [-0.05, 0) is 12.5 Å². The molecule has 0 radical (unpaired) electrons. The van der Waals surface area contributed by atoms with Crippen LogP contribution < -0.4 is 10.7 Å². The lowest BCUT2D eigenvalue weighted by molar-refractivity contribution is -0.384. The molecule has 25 heavy (non-hydrogen) atoms. The van der Waals surface area contributed by atoms with E-state index in [0.717, 1.165) is 5.56 Å². The van der Waals surface area contributed by atoms with Gasteiger partial charge in [0.1, 0.15) is 0 Å². The van der Waals surface area contributed by atoms with Gasteiger partial charge in [-0.15, -0.1) is 0 Å². The van der Waals surface area contributed by atoms with Crippen molar-refractivity contribution in [1.82, 2.24) is 10.7 Å². The largest absolute Gasteiger partial charge is 0.341 e. The lowest BCUT2D eigenvalue weighted by atomic mass is 10.1. The molecule has 1 atom stereocenters. The SMILES string of the molecule is CC(NC(=O)C(=O)NN=Cc1cccc([N+](=O)[O-])c1)c1ccccc1. The second kappa shape index (κ2) is 8.34. The second-order valence-electron chi connectivity index (χ2n) is 5.16. The van der Waals surface area contributed by atoms with Crippen molar-refractivity contribution in [2.24, 2.45) is 5.10 Å². The molecule has 0 aliphatic rings. The number of carbonyl (C=O) groups excluding carboxylic acids is 2. The summed E-state index contributed by atoms with van der Waals surface area (Å²) in [6.07, 6.45) is 1.22. The minimum atomic E-state index is -0.926. The maximum absolute atomic E-state index is 11.8. The third-order valence-electron chi connectivity index (χ3n) is 3.31. The van der Waals surface area contributed by atoms with Gasteiger partial charge in [0.05, 0.1) is 17.2 Å². The van der Waals surface area contributed by atoms with Crippen molar-refractivity contribution >= 4 is 23.7 Å². The maximum atomic E-state index is 11.8. The smallest absolute Gasteiger partial charge is 0.329 e. The number of non-ortho nitro benzene ring substituents is 1. The van der Waals surface area contributed by atoms with Crippen LogP contribution in [0, 0.1) is 10.1 Å². The van der Waals surface area contributed by atoms with Gasteiger partial charge in [-0.1, -0.05) is 42.5 Å². The van der Waals surface area contributed by atoms with Crippen molar-refractivity contribution in [1.29, 1.82) is 0 Å². The summed E-state index contributed by atoms with van der Waals surface area (Å²) in [7, 11) is 0. The second-order valence-corrected chi connectivity index (χ2v) is 5.16. The summed E-state index contributed by atoms with van der Waals surface area (Å²) in [5, 5.41) is 16.9. The van der Waals surface area contributed by atoms with Crippen molar-refractivity contribution in [2.45, 2.75) is 13.0 Å². The summed E-state index contributed by atoms with van der Waals surface area (Å²) in [4.78, 5) is 33.7. The van der Waals surface area contributed by atoms with Crippen LogP contribution in [-0.4, -0.2) is 23.0 Å². The Labute approximate surface area is 143 Å². The number of benzene rings is 2. The summed E-state index contributed by atoms with van der Waals surface area (Å²) in [6, 6.07) is 14.6. The molecule has 0 aliphatic carbocycles. The summed E-state index contributed by atoms with van der Waals surface area (Å²) >= 11 is 0. The number of hydrogen-bond donors (Lipinski definition) is 2. The molecule has 0 bridgehead atoms. The Morgan fingerprint density at radius 1 is 1.12 bits per heavy atom. The van der Waals surface area contributed by atoms with Crippen LogP contribution in [0.25, 0.3) is 0 Å². The molecule has 0 aliphatic heterocycles. The summed E-state index contributed by atoms with van der Waals surface area (Å²) in [5.41, 5.74) is 3.28. The molecule has 2 aromatic carbocycles. The molecule has 0 fully saturated rings. The average molecular weight is 340 g/mol. The number of hydrogen-bond acceptors (Lipinski definition) is 5. The van der Waals surface area contributed by atoms with E-state index in [4.69, 9.17) is 0 Å². The first-order valence-electron chi connectivity index (χ1n) is 7.40. The quantitative estimate of drug-likeness (QED) is 0.374. The first kappa shape index (κ1) is 17.8. The van der Waals surface area contributed by atoms with Crippen LogP contribution in [0.2, 0.25) is 0 Å². The molecule has 8 nitrogen and oxygen atoms in total. The predicted molar refractivity (Wildman–Crippen MR) is 91.8 cm³/mol. The third kappa shape index (κ3) is 5.24. The molecule has 1 unspecified atom stereocenters. The van der Waals surface area contributed by atoms with Gasteiger partial charge in [0, 0.05) is 17.7 Å². The van der Waals surface area contributed by atoms with E-state index in [1.54, 1.807) is 13.0 Å². The minimum Gasteiger partial charge on any atom is -0.341 e. The number of rotatable bonds is 5. The molecule has 2 aromatic rings.